The van der Waals surface area contributed by atoms with Crippen LogP contribution in [-0.4, -0.2) is 31.5 Å². The molecular weight excluding hydrogens is 230 g/mol. The summed E-state index contributed by atoms with van der Waals surface area (Å²) in [5, 5.41) is 13.5. The molecule has 0 aliphatic carbocycles. The molecular formula is C14H21NO3. The van der Waals surface area contributed by atoms with Crippen molar-refractivity contribution in [2.75, 3.05) is 20.3 Å². The molecule has 4 nitrogen and oxygen atoms in total. The van der Waals surface area contributed by atoms with Gasteiger partial charge in [0.05, 0.1) is 7.11 Å². The zero-order valence-corrected chi connectivity index (χ0v) is 11.0. The third-order valence-corrected chi connectivity index (χ3v) is 3.41. The summed E-state index contributed by atoms with van der Waals surface area (Å²) in [7, 11) is 1.60. The Bertz CT molecular complexity index is 389. The lowest BCUT2D eigenvalue weighted by Gasteiger charge is -2.27. The van der Waals surface area contributed by atoms with Crippen molar-refractivity contribution < 1.29 is 14.6 Å². The third-order valence-electron chi connectivity index (χ3n) is 3.41. The van der Waals surface area contributed by atoms with Crippen LogP contribution in [0.5, 0.6) is 11.5 Å². The van der Waals surface area contributed by atoms with Gasteiger partial charge in [0, 0.05) is 36.9 Å². The number of hydrogen-bond donors (Lipinski definition) is 2. The fourth-order valence-corrected chi connectivity index (χ4v) is 2.32. The van der Waals surface area contributed by atoms with Crippen molar-refractivity contribution in [3.05, 3.63) is 23.8 Å². The summed E-state index contributed by atoms with van der Waals surface area (Å²) in [5.74, 6) is 0.955. The van der Waals surface area contributed by atoms with Crippen LogP contribution in [0.15, 0.2) is 18.2 Å². The predicted octanol–water partition coefficient (Wildman–Crippen LogP) is 2.23. The minimum absolute atomic E-state index is 0.124. The molecule has 1 saturated heterocycles. The quantitative estimate of drug-likeness (QED) is 0.861. The molecule has 1 aromatic rings. The summed E-state index contributed by atoms with van der Waals surface area (Å²) in [4.78, 5) is 0. The van der Waals surface area contributed by atoms with Crippen molar-refractivity contribution in [2.24, 2.45) is 0 Å². The number of methoxy groups -OCH3 is 1. The van der Waals surface area contributed by atoms with Gasteiger partial charge in [0.2, 0.25) is 0 Å². The standard InChI is InChI=1S/C14H21NO3/c1-10(15-11-5-7-18-8-6-11)13-4-3-12(17-2)9-14(13)16/h3-4,9-11,15-16H,5-8H2,1-2H3. The Hall–Kier alpha value is -1.26. The van der Waals surface area contributed by atoms with Crippen molar-refractivity contribution in [1.29, 1.82) is 0 Å². The average Bonchev–Trinajstić information content (AvgIpc) is 2.39. The lowest BCUT2D eigenvalue weighted by molar-refractivity contribution is 0.0754. The number of phenols is 1. The molecule has 2 rings (SSSR count). The van der Waals surface area contributed by atoms with Gasteiger partial charge in [-0.25, -0.2) is 0 Å². The van der Waals surface area contributed by atoms with Crippen molar-refractivity contribution in [1.82, 2.24) is 5.32 Å². The van der Waals surface area contributed by atoms with E-state index in [1.54, 1.807) is 13.2 Å². The normalized spacial score (nSPS) is 18.6. The molecule has 1 aliphatic heterocycles. The molecule has 0 bridgehead atoms. The van der Waals surface area contributed by atoms with Crippen LogP contribution in [-0.2, 0) is 4.74 Å². The highest BCUT2D eigenvalue weighted by molar-refractivity contribution is 5.41. The molecule has 1 heterocycles. The van der Waals surface area contributed by atoms with Crippen molar-refractivity contribution >= 4 is 0 Å². The number of nitrogens with one attached hydrogen (secondary N) is 1. The van der Waals surface area contributed by atoms with E-state index < -0.39 is 0 Å². The molecule has 0 amide bonds. The second-order valence-electron chi connectivity index (χ2n) is 4.70. The average molecular weight is 251 g/mol. The van der Waals surface area contributed by atoms with Crippen LogP contribution in [0.25, 0.3) is 0 Å². The van der Waals surface area contributed by atoms with E-state index in [0.29, 0.717) is 11.8 Å². The van der Waals surface area contributed by atoms with Gasteiger partial charge in [-0.3, -0.25) is 0 Å². The summed E-state index contributed by atoms with van der Waals surface area (Å²) in [5.41, 5.74) is 0.905. The van der Waals surface area contributed by atoms with E-state index >= 15 is 0 Å². The summed E-state index contributed by atoms with van der Waals surface area (Å²) in [6.07, 6.45) is 2.06. The van der Waals surface area contributed by atoms with Crippen molar-refractivity contribution in [3.8, 4) is 11.5 Å². The Morgan fingerprint density at radius 2 is 2.11 bits per heavy atom. The lowest BCUT2D eigenvalue weighted by Crippen LogP contribution is -2.36. The SMILES string of the molecule is COc1ccc(C(C)NC2CCOCC2)c(O)c1. The molecule has 1 atom stereocenters. The highest BCUT2D eigenvalue weighted by Gasteiger charge is 2.18. The molecule has 1 unspecified atom stereocenters. The fourth-order valence-electron chi connectivity index (χ4n) is 2.32. The summed E-state index contributed by atoms with van der Waals surface area (Å²) in [6, 6.07) is 6.02. The van der Waals surface area contributed by atoms with Gasteiger partial charge in [0.25, 0.3) is 0 Å². The maximum atomic E-state index is 9.98. The van der Waals surface area contributed by atoms with Crippen LogP contribution in [0.4, 0.5) is 0 Å². The topological polar surface area (TPSA) is 50.7 Å². The maximum absolute atomic E-state index is 9.98. The monoisotopic (exact) mass is 251 g/mol. The predicted molar refractivity (Wildman–Crippen MR) is 70.1 cm³/mol. The Balaban J connectivity index is 2.01. The first-order valence-electron chi connectivity index (χ1n) is 6.41. The van der Waals surface area contributed by atoms with Crippen LogP contribution in [0.1, 0.15) is 31.4 Å². The van der Waals surface area contributed by atoms with Crippen LogP contribution in [0.3, 0.4) is 0 Å². The molecule has 100 valence electrons. The summed E-state index contributed by atoms with van der Waals surface area (Å²) < 4.78 is 10.4. The number of aromatic hydroxyl groups is 1. The van der Waals surface area contributed by atoms with E-state index in [0.717, 1.165) is 31.6 Å². The summed E-state index contributed by atoms with van der Waals surface area (Å²) >= 11 is 0. The molecule has 0 radical (unpaired) electrons. The van der Waals surface area contributed by atoms with Crippen molar-refractivity contribution in [2.45, 2.75) is 31.8 Å². The molecule has 1 aromatic carbocycles. The first-order chi connectivity index (χ1) is 8.70. The van der Waals surface area contributed by atoms with Gasteiger partial charge in [0.1, 0.15) is 11.5 Å². The van der Waals surface area contributed by atoms with Crippen LogP contribution in [0, 0.1) is 0 Å². The number of ether oxygens (including phenoxy) is 2. The van der Waals surface area contributed by atoms with E-state index in [9.17, 15) is 5.11 Å². The van der Waals surface area contributed by atoms with E-state index in [-0.39, 0.29) is 11.8 Å². The Morgan fingerprint density at radius 1 is 1.39 bits per heavy atom. The highest BCUT2D eigenvalue weighted by atomic mass is 16.5. The van der Waals surface area contributed by atoms with E-state index in [2.05, 4.69) is 12.2 Å². The number of phenolic OH excluding ortho intramolecular Hbond substituents is 1. The molecule has 0 saturated carbocycles. The van der Waals surface area contributed by atoms with Crippen LogP contribution < -0.4 is 10.1 Å². The maximum Gasteiger partial charge on any atom is 0.124 e. The molecule has 18 heavy (non-hydrogen) atoms. The van der Waals surface area contributed by atoms with E-state index in [4.69, 9.17) is 9.47 Å². The first-order valence-corrected chi connectivity index (χ1v) is 6.41. The smallest absolute Gasteiger partial charge is 0.124 e. The van der Waals surface area contributed by atoms with Gasteiger partial charge < -0.3 is 19.9 Å². The second-order valence-corrected chi connectivity index (χ2v) is 4.70. The summed E-state index contributed by atoms with van der Waals surface area (Å²) in [6.45, 7) is 3.70. The van der Waals surface area contributed by atoms with Gasteiger partial charge in [-0.15, -0.1) is 0 Å². The zero-order chi connectivity index (χ0) is 13.0. The molecule has 0 spiro atoms. The van der Waals surface area contributed by atoms with Gasteiger partial charge in [0.15, 0.2) is 0 Å². The van der Waals surface area contributed by atoms with E-state index in [1.807, 2.05) is 12.1 Å². The molecule has 0 aromatic heterocycles. The van der Waals surface area contributed by atoms with Crippen LogP contribution >= 0.6 is 0 Å². The van der Waals surface area contributed by atoms with E-state index in [1.165, 1.54) is 0 Å². The van der Waals surface area contributed by atoms with Gasteiger partial charge in [-0.1, -0.05) is 6.07 Å². The van der Waals surface area contributed by atoms with Gasteiger partial charge in [-0.05, 0) is 25.8 Å². The first kappa shape index (κ1) is 13.2. The molecule has 1 aliphatic rings. The Kier molecular flexibility index (Phi) is 4.44. The number of hydrogen-bond acceptors (Lipinski definition) is 4. The Morgan fingerprint density at radius 3 is 2.72 bits per heavy atom. The lowest BCUT2D eigenvalue weighted by atomic mass is 10.0. The fraction of sp³-hybridized carbons (Fsp3) is 0.571. The highest BCUT2D eigenvalue weighted by Crippen LogP contribution is 2.29. The minimum atomic E-state index is 0.124. The number of rotatable bonds is 4. The Labute approximate surface area is 108 Å². The number of benzene rings is 1. The van der Waals surface area contributed by atoms with Gasteiger partial charge >= 0.3 is 0 Å². The van der Waals surface area contributed by atoms with Crippen LogP contribution in [0.2, 0.25) is 0 Å². The molecule has 2 N–H and O–H groups in total. The van der Waals surface area contributed by atoms with Gasteiger partial charge in [-0.2, -0.15) is 0 Å². The zero-order valence-electron chi connectivity index (χ0n) is 11.0. The second kappa shape index (κ2) is 6.07. The molecule has 4 heteroatoms. The molecule has 1 fully saturated rings. The minimum Gasteiger partial charge on any atom is -0.507 e. The third kappa shape index (κ3) is 3.15. The van der Waals surface area contributed by atoms with Crippen molar-refractivity contribution in [3.63, 3.8) is 0 Å². The largest absolute Gasteiger partial charge is 0.507 e.